The molecule has 2 N–H and O–H groups in total. The Morgan fingerprint density at radius 2 is 2.05 bits per heavy atom. The van der Waals surface area contributed by atoms with E-state index in [9.17, 15) is 8.42 Å². The minimum absolute atomic E-state index is 0.344. The van der Waals surface area contributed by atoms with E-state index in [1.807, 2.05) is 6.07 Å². The quantitative estimate of drug-likeness (QED) is 0.270. The van der Waals surface area contributed by atoms with Gasteiger partial charge in [-0.15, -0.1) is 11.8 Å². The number of hydrogen-bond acceptors (Lipinski definition) is 6. The first kappa shape index (κ1) is 19.6. The van der Waals surface area contributed by atoms with Gasteiger partial charge in [0.05, 0.1) is 6.61 Å². The molecule has 0 amide bonds. The first-order valence-corrected chi connectivity index (χ1v) is 11.2. The summed E-state index contributed by atoms with van der Waals surface area (Å²) < 4.78 is 35.2. The molecule has 0 aliphatic rings. The van der Waals surface area contributed by atoms with Crippen molar-refractivity contribution < 1.29 is 17.7 Å². The van der Waals surface area contributed by atoms with Gasteiger partial charge in [-0.05, 0) is 67.1 Å². The van der Waals surface area contributed by atoms with Crippen LogP contribution in [0.15, 0.2) is 23.1 Å². The van der Waals surface area contributed by atoms with Crippen molar-refractivity contribution in [3.05, 3.63) is 23.8 Å². The Morgan fingerprint density at radius 1 is 1.27 bits per heavy atom. The summed E-state index contributed by atoms with van der Waals surface area (Å²) in [5.41, 5.74) is 1.23. The van der Waals surface area contributed by atoms with E-state index in [4.69, 9.17) is 9.29 Å². The number of ether oxygens (including phenoxy) is 1. The number of aryl methyl sites for hydroxylation is 1. The highest BCUT2D eigenvalue weighted by Crippen LogP contribution is 2.24. The van der Waals surface area contributed by atoms with Gasteiger partial charge in [0, 0.05) is 17.2 Å². The van der Waals surface area contributed by atoms with Crippen LogP contribution >= 0.6 is 22.6 Å². The second-order valence-electron chi connectivity index (χ2n) is 4.69. The van der Waals surface area contributed by atoms with E-state index in [1.54, 1.807) is 11.8 Å². The molecule has 5 nitrogen and oxygen atoms in total. The molecule has 0 saturated heterocycles. The third-order valence-electron chi connectivity index (χ3n) is 2.89. The summed E-state index contributed by atoms with van der Waals surface area (Å²) in [5, 5.41) is 3.13. The highest BCUT2D eigenvalue weighted by atomic mass is 33.1. The summed E-state index contributed by atoms with van der Waals surface area (Å²) in [6.45, 7) is 4.10. The smallest absolute Gasteiger partial charge is 0.319 e. The minimum Gasteiger partial charge on any atom is -0.494 e. The monoisotopic (exact) mass is 365 g/mol. The molecule has 0 aliphatic heterocycles. The topological polar surface area (TPSA) is 75.6 Å². The molecule has 0 unspecified atom stereocenters. The van der Waals surface area contributed by atoms with Crippen LogP contribution in [-0.2, 0) is 9.15 Å². The van der Waals surface area contributed by atoms with E-state index < -0.39 is 9.15 Å². The number of hydrogen-bond donors (Lipinski definition) is 2. The molecule has 126 valence electrons. The molecule has 0 aliphatic carbocycles. The number of rotatable bonds is 11. The molecule has 1 rings (SSSR count). The normalized spacial score (nSPS) is 11.6. The van der Waals surface area contributed by atoms with Gasteiger partial charge in [0.25, 0.3) is 0 Å². The van der Waals surface area contributed by atoms with Gasteiger partial charge in [-0.2, -0.15) is 8.42 Å². The Hall–Kier alpha value is -0.410. The molecule has 0 atom stereocenters. The molecule has 0 heterocycles. The highest BCUT2D eigenvalue weighted by molar-refractivity contribution is 8.69. The minimum atomic E-state index is -3.91. The molecule has 0 spiro atoms. The maximum absolute atomic E-state index is 10.5. The predicted octanol–water partition coefficient (Wildman–Crippen LogP) is 3.00. The van der Waals surface area contributed by atoms with Crippen molar-refractivity contribution in [1.82, 2.24) is 5.32 Å². The molecule has 0 aromatic heterocycles. The number of benzene rings is 1. The Bertz CT molecular complexity index is 549. The van der Waals surface area contributed by atoms with Gasteiger partial charge in [0.1, 0.15) is 5.75 Å². The fourth-order valence-electron chi connectivity index (χ4n) is 1.83. The van der Waals surface area contributed by atoms with Gasteiger partial charge in [-0.1, -0.05) is 0 Å². The molecule has 0 fully saturated rings. The van der Waals surface area contributed by atoms with Gasteiger partial charge in [0.15, 0.2) is 0 Å². The Labute approximate surface area is 140 Å². The lowest BCUT2D eigenvalue weighted by molar-refractivity contribution is 0.305. The van der Waals surface area contributed by atoms with Crippen LogP contribution in [0.1, 0.15) is 18.4 Å². The third kappa shape index (κ3) is 8.89. The van der Waals surface area contributed by atoms with E-state index >= 15 is 0 Å². The van der Waals surface area contributed by atoms with Crippen LogP contribution in [0, 0.1) is 6.92 Å². The van der Waals surface area contributed by atoms with Gasteiger partial charge >= 0.3 is 9.15 Å². The van der Waals surface area contributed by atoms with Gasteiger partial charge in [-0.25, -0.2) is 0 Å². The van der Waals surface area contributed by atoms with E-state index in [0.29, 0.717) is 29.7 Å². The van der Waals surface area contributed by atoms with E-state index in [1.165, 1.54) is 10.5 Å². The molecule has 0 saturated carbocycles. The second-order valence-corrected chi connectivity index (χ2v) is 9.01. The van der Waals surface area contributed by atoms with E-state index in [-0.39, 0.29) is 0 Å². The van der Waals surface area contributed by atoms with Crippen molar-refractivity contribution in [2.24, 2.45) is 0 Å². The third-order valence-corrected chi connectivity index (χ3v) is 5.85. The standard InChI is InChI=1S/C14H23NO4S3/c1-12-11-13(5-6-14(12)20-2)19-9-4-3-7-15-8-10-21-22(16,17)18/h5-6,11,15H,3-4,7-10H2,1-2H3,(H,16,17,18). The highest BCUT2D eigenvalue weighted by Gasteiger charge is 2.03. The van der Waals surface area contributed by atoms with Crippen LogP contribution in [0.2, 0.25) is 0 Å². The predicted molar refractivity (Wildman–Crippen MR) is 94.6 cm³/mol. The summed E-state index contributed by atoms with van der Waals surface area (Å²) in [6.07, 6.45) is 3.95. The van der Waals surface area contributed by atoms with Crippen LogP contribution < -0.4 is 10.1 Å². The summed E-state index contributed by atoms with van der Waals surface area (Å²) in [5.74, 6) is 1.24. The second kappa shape index (κ2) is 10.4. The zero-order chi connectivity index (χ0) is 16.4. The lowest BCUT2D eigenvalue weighted by atomic mass is 10.2. The molecular formula is C14H23NO4S3. The lowest BCUT2D eigenvalue weighted by Crippen LogP contribution is -2.19. The first-order valence-electron chi connectivity index (χ1n) is 7.02. The zero-order valence-electron chi connectivity index (χ0n) is 12.9. The molecule has 1 aromatic carbocycles. The first-order chi connectivity index (χ1) is 10.4. The molecule has 8 heteroatoms. The summed E-state index contributed by atoms with van der Waals surface area (Å²) in [7, 11) is -3.37. The maximum Gasteiger partial charge on any atom is 0.319 e. The van der Waals surface area contributed by atoms with Gasteiger partial charge in [-0.3, -0.25) is 4.55 Å². The zero-order valence-corrected chi connectivity index (χ0v) is 15.3. The van der Waals surface area contributed by atoms with Crippen molar-refractivity contribution in [3.8, 4) is 5.75 Å². The largest absolute Gasteiger partial charge is 0.494 e. The SMILES string of the molecule is CSc1ccc(OCCCCNCCSS(=O)(=O)O)cc1C. The van der Waals surface area contributed by atoms with Gasteiger partial charge in [0.2, 0.25) is 0 Å². The van der Waals surface area contributed by atoms with Crippen LogP contribution in [0.25, 0.3) is 0 Å². The van der Waals surface area contributed by atoms with Crippen molar-refractivity contribution in [1.29, 1.82) is 0 Å². The molecule has 0 bridgehead atoms. The molecule has 22 heavy (non-hydrogen) atoms. The van der Waals surface area contributed by atoms with Crippen molar-refractivity contribution in [2.75, 3.05) is 31.7 Å². The van der Waals surface area contributed by atoms with Crippen LogP contribution in [0.3, 0.4) is 0 Å². The van der Waals surface area contributed by atoms with Crippen LogP contribution in [0.5, 0.6) is 5.75 Å². The lowest BCUT2D eigenvalue weighted by Gasteiger charge is -2.09. The fourth-order valence-corrected chi connectivity index (χ4v) is 3.73. The molecular weight excluding hydrogens is 342 g/mol. The Kier molecular flexibility index (Phi) is 9.27. The summed E-state index contributed by atoms with van der Waals surface area (Å²) in [4.78, 5) is 1.26. The van der Waals surface area contributed by atoms with E-state index in [2.05, 4.69) is 30.6 Å². The maximum atomic E-state index is 10.5. The van der Waals surface area contributed by atoms with Gasteiger partial charge < -0.3 is 10.1 Å². The van der Waals surface area contributed by atoms with Crippen molar-refractivity contribution in [3.63, 3.8) is 0 Å². The number of thioether (sulfide) groups is 1. The fraction of sp³-hybridized carbons (Fsp3) is 0.571. The van der Waals surface area contributed by atoms with Crippen molar-refractivity contribution >= 4 is 31.7 Å². The van der Waals surface area contributed by atoms with Crippen molar-refractivity contribution in [2.45, 2.75) is 24.7 Å². The van der Waals surface area contributed by atoms with Crippen LogP contribution in [-0.4, -0.2) is 44.7 Å². The van der Waals surface area contributed by atoms with Crippen LogP contribution in [0.4, 0.5) is 0 Å². The number of nitrogens with one attached hydrogen (secondary N) is 1. The molecule has 1 aromatic rings. The summed E-state index contributed by atoms with van der Waals surface area (Å²) in [6, 6.07) is 6.12. The summed E-state index contributed by atoms with van der Waals surface area (Å²) >= 11 is 1.73. The Balaban J connectivity index is 2.05. The average molecular weight is 366 g/mol. The average Bonchev–Trinajstić information content (AvgIpc) is 2.44. The molecule has 0 radical (unpaired) electrons. The van der Waals surface area contributed by atoms with E-state index in [0.717, 1.165) is 25.1 Å². The number of unbranched alkanes of at least 4 members (excludes halogenated alkanes) is 1. The Morgan fingerprint density at radius 3 is 2.68 bits per heavy atom.